The van der Waals surface area contributed by atoms with E-state index in [4.69, 9.17) is 23.2 Å². The Bertz CT molecular complexity index is 668. The van der Waals surface area contributed by atoms with Crippen LogP contribution in [0.4, 0.5) is 0 Å². The molecule has 0 bridgehead atoms. The fourth-order valence-corrected chi connectivity index (χ4v) is 3.07. The molecule has 4 heteroatoms. The van der Waals surface area contributed by atoms with Crippen LogP contribution in [0.2, 0.25) is 10.0 Å². The average molecular weight is 350 g/mol. The van der Waals surface area contributed by atoms with Gasteiger partial charge in [0.1, 0.15) is 0 Å². The van der Waals surface area contributed by atoms with Gasteiger partial charge in [0.25, 0.3) is 0 Å². The molecule has 2 aromatic carbocycles. The Hall–Kier alpha value is -1.51. The minimum atomic E-state index is -0.289. The lowest BCUT2D eigenvalue weighted by molar-refractivity contribution is -0.122. The molecule has 0 spiro atoms. The van der Waals surface area contributed by atoms with Crippen LogP contribution in [0.1, 0.15) is 31.4 Å². The number of carbonyl (C=O) groups is 1. The lowest BCUT2D eigenvalue weighted by atomic mass is 9.94. The quantitative estimate of drug-likeness (QED) is 0.775. The first-order valence-electron chi connectivity index (χ1n) is 7.65. The second-order valence-electron chi connectivity index (χ2n) is 6.33. The van der Waals surface area contributed by atoms with E-state index in [2.05, 4.69) is 17.4 Å². The maximum atomic E-state index is 12.2. The summed E-state index contributed by atoms with van der Waals surface area (Å²) in [5, 5.41) is 4.31. The van der Waals surface area contributed by atoms with Crippen molar-refractivity contribution in [1.29, 1.82) is 0 Å². The number of hydrogen-bond donors (Lipinski definition) is 1. The van der Waals surface area contributed by atoms with Crippen LogP contribution in [-0.2, 0) is 17.6 Å². The lowest BCUT2D eigenvalue weighted by Gasteiger charge is -2.26. The second kappa shape index (κ2) is 7.85. The third kappa shape index (κ3) is 5.89. The van der Waals surface area contributed by atoms with Gasteiger partial charge in [-0.1, -0.05) is 59.6 Å². The molecule has 0 aliphatic carbocycles. The number of hydrogen-bond acceptors (Lipinski definition) is 1. The standard InChI is InChI=1S/C19H21Cl2NO/c1-19(2,13-14-6-4-3-5-7-14)22-18(23)11-9-15-8-10-16(20)12-17(15)21/h3-8,10,12H,9,11,13H2,1-2H3,(H,22,23). The molecule has 2 aromatic rings. The van der Waals surface area contributed by atoms with Gasteiger partial charge in [0, 0.05) is 22.0 Å². The first-order valence-corrected chi connectivity index (χ1v) is 8.40. The lowest BCUT2D eigenvalue weighted by Crippen LogP contribution is -2.45. The smallest absolute Gasteiger partial charge is 0.220 e. The molecule has 0 aromatic heterocycles. The Kier molecular flexibility index (Phi) is 6.09. The van der Waals surface area contributed by atoms with E-state index < -0.39 is 0 Å². The molecule has 2 nitrogen and oxygen atoms in total. The number of amides is 1. The molecular formula is C19H21Cl2NO. The summed E-state index contributed by atoms with van der Waals surface area (Å²) in [4.78, 5) is 12.2. The molecule has 0 aliphatic rings. The summed E-state index contributed by atoms with van der Waals surface area (Å²) in [6, 6.07) is 15.5. The molecule has 0 radical (unpaired) electrons. The monoisotopic (exact) mass is 349 g/mol. The van der Waals surface area contributed by atoms with Gasteiger partial charge in [-0.25, -0.2) is 0 Å². The molecule has 0 unspecified atom stereocenters. The molecule has 0 fully saturated rings. The fraction of sp³-hybridized carbons (Fsp3) is 0.316. The van der Waals surface area contributed by atoms with Gasteiger partial charge in [-0.15, -0.1) is 0 Å². The number of benzene rings is 2. The summed E-state index contributed by atoms with van der Waals surface area (Å²) in [6.45, 7) is 4.07. The van der Waals surface area contributed by atoms with Gasteiger partial charge < -0.3 is 5.32 Å². The fourth-order valence-electron chi connectivity index (χ4n) is 2.56. The van der Waals surface area contributed by atoms with Crippen LogP contribution in [0, 0.1) is 0 Å². The number of carbonyl (C=O) groups excluding carboxylic acids is 1. The van der Waals surface area contributed by atoms with E-state index in [1.165, 1.54) is 5.56 Å². The van der Waals surface area contributed by atoms with Crippen LogP contribution in [0.5, 0.6) is 0 Å². The van der Waals surface area contributed by atoms with Gasteiger partial charge in [0.15, 0.2) is 0 Å². The van der Waals surface area contributed by atoms with Crippen molar-refractivity contribution < 1.29 is 4.79 Å². The minimum Gasteiger partial charge on any atom is -0.351 e. The summed E-state index contributed by atoms with van der Waals surface area (Å²) < 4.78 is 0. The van der Waals surface area contributed by atoms with Crippen molar-refractivity contribution >= 4 is 29.1 Å². The van der Waals surface area contributed by atoms with Crippen LogP contribution in [0.15, 0.2) is 48.5 Å². The van der Waals surface area contributed by atoms with E-state index in [0.29, 0.717) is 22.9 Å². The molecule has 0 atom stereocenters. The van der Waals surface area contributed by atoms with Crippen LogP contribution >= 0.6 is 23.2 Å². The number of aryl methyl sites for hydroxylation is 1. The highest BCUT2D eigenvalue weighted by Crippen LogP contribution is 2.22. The summed E-state index contributed by atoms with van der Waals surface area (Å²) in [5.41, 5.74) is 1.85. The predicted octanol–water partition coefficient (Wildman–Crippen LogP) is 5.06. The molecular weight excluding hydrogens is 329 g/mol. The summed E-state index contributed by atoms with van der Waals surface area (Å²) in [6.07, 6.45) is 1.80. The molecule has 0 aliphatic heterocycles. The Balaban J connectivity index is 1.88. The minimum absolute atomic E-state index is 0.0250. The predicted molar refractivity (Wildman–Crippen MR) is 97.2 cm³/mol. The third-order valence-electron chi connectivity index (χ3n) is 3.60. The van der Waals surface area contributed by atoms with E-state index in [9.17, 15) is 4.79 Å². The maximum Gasteiger partial charge on any atom is 0.220 e. The van der Waals surface area contributed by atoms with Crippen molar-refractivity contribution in [3.8, 4) is 0 Å². The van der Waals surface area contributed by atoms with E-state index >= 15 is 0 Å². The number of halogens is 2. The zero-order valence-electron chi connectivity index (χ0n) is 13.4. The van der Waals surface area contributed by atoms with E-state index in [1.54, 1.807) is 12.1 Å². The summed E-state index contributed by atoms with van der Waals surface area (Å²) in [7, 11) is 0. The van der Waals surface area contributed by atoms with E-state index in [0.717, 1.165) is 12.0 Å². The Morgan fingerprint density at radius 3 is 2.43 bits per heavy atom. The zero-order valence-corrected chi connectivity index (χ0v) is 14.9. The van der Waals surface area contributed by atoms with Crippen molar-refractivity contribution in [3.05, 3.63) is 69.7 Å². The Morgan fingerprint density at radius 1 is 1.09 bits per heavy atom. The van der Waals surface area contributed by atoms with Crippen LogP contribution in [0.25, 0.3) is 0 Å². The third-order valence-corrected chi connectivity index (χ3v) is 4.19. The van der Waals surface area contributed by atoms with Gasteiger partial charge in [-0.2, -0.15) is 0 Å². The van der Waals surface area contributed by atoms with Crippen LogP contribution in [0.3, 0.4) is 0 Å². The van der Waals surface area contributed by atoms with Crippen LogP contribution < -0.4 is 5.32 Å². The van der Waals surface area contributed by atoms with Crippen LogP contribution in [-0.4, -0.2) is 11.4 Å². The van der Waals surface area contributed by atoms with Gasteiger partial charge in [0.2, 0.25) is 5.91 Å². The second-order valence-corrected chi connectivity index (χ2v) is 7.17. The topological polar surface area (TPSA) is 29.1 Å². The molecule has 2 rings (SSSR count). The highest BCUT2D eigenvalue weighted by molar-refractivity contribution is 6.35. The van der Waals surface area contributed by atoms with Crippen molar-refractivity contribution in [2.75, 3.05) is 0 Å². The van der Waals surface area contributed by atoms with Gasteiger partial charge >= 0.3 is 0 Å². The van der Waals surface area contributed by atoms with Crippen molar-refractivity contribution in [1.82, 2.24) is 5.32 Å². The Morgan fingerprint density at radius 2 is 1.78 bits per heavy atom. The van der Waals surface area contributed by atoms with Crippen molar-refractivity contribution in [2.24, 2.45) is 0 Å². The maximum absolute atomic E-state index is 12.2. The molecule has 122 valence electrons. The molecule has 0 saturated carbocycles. The summed E-state index contributed by atoms with van der Waals surface area (Å²) in [5.74, 6) is 0.0250. The molecule has 0 saturated heterocycles. The zero-order chi connectivity index (χ0) is 16.9. The first kappa shape index (κ1) is 17.8. The molecule has 23 heavy (non-hydrogen) atoms. The van der Waals surface area contributed by atoms with Gasteiger partial charge in [0.05, 0.1) is 0 Å². The highest BCUT2D eigenvalue weighted by atomic mass is 35.5. The molecule has 1 N–H and O–H groups in total. The number of nitrogens with one attached hydrogen (secondary N) is 1. The normalized spacial score (nSPS) is 11.3. The Labute approximate surface area is 147 Å². The number of rotatable bonds is 6. The van der Waals surface area contributed by atoms with Crippen molar-refractivity contribution in [2.45, 2.75) is 38.6 Å². The van der Waals surface area contributed by atoms with E-state index in [-0.39, 0.29) is 11.4 Å². The SMILES string of the molecule is CC(C)(Cc1ccccc1)NC(=O)CCc1ccc(Cl)cc1Cl. The summed E-state index contributed by atoms with van der Waals surface area (Å²) >= 11 is 12.0. The van der Waals surface area contributed by atoms with Gasteiger partial charge in [-0.3, -0.25) is 4.79 Å². The van der Waals surface area contributed by atoms with E-state index in [1.807, 2.05) is 38.1 Å². The van der Waals surface area contributed by atoms with Crippen molar-refractivity contribution in [3.63, 3.8) is 0 Å². The largest absolute Gasteiger partial charge is 0.351 e. The highest BCUT2D eigenvalue weighted by Gasteiger charge is 2.20. The first-order chi connectivity index (χ1) is 10.9. The molecule has 0 heterocycles. The average Bonchev–Trinajstić information content (AvgIpc) is 2.46. The van der Waals surface area contributed by atoms with Gasteiger partial charge in [-0.05, 0) is 49.9 Å². The molecule has 1 amide bonds.